The molecule has 2 N–H and O–H groups in total. The molecule has 1 aliphatic heterocycles. The van der Waals surface area contributed by atoms with Gasteiger partial charge < -0.3 is 10.6 Å². The third-order valence-corrected chi connectivity index (χ3v) is 3.88. The lowest BCUT2D eigenvalue weighted by molar-refractivity contribution is 0.550. The predicted octanol–water partition coefficient (Wildman–Crippen LogP) is 2.29. The van der Waals surface area contributed by atoms with Gasteiger partial charge in [0.15, 0.2) is 0 Å². The molecule has 1 unspecified atom stereocenters. The summed E-state index contributed by atoms with van der Waals surface area (Å²) in [6.07, 6.45) is 5.81. The highest BCUT2D eigenvalue weighted by atomic mass is 35.5. The lowest BCUT2D eigenvalue weighted by atomic mass is 10.0. The Labute approximate surface area is 101 Å². The second-order valence-electron chi connectivity index (χ2n) is 5.02. The maximum Gasteiger partial charge on any atom is 0.126 e. The minimum atomic E-state index is 0.597. The smallest absolute Gasteiger partial charge is 0.126 e. The van der Waals surface area contributed by atoms with Crippen molar-refractivity contribution >= 4 is 17.4 Å². The molecule has 0 bridgehead atoms. The summed E-state index contributed by atoms with van der Waals surface area (Å²) >= 11 is 5.78. The van der Waals surface area contributed by atoms with Gasteiger partial charge >= 0.3 is 0 Å². The van der Waals surface area contributed by atoms with Crippen molar-refractivity contribution in [2.24, 2.45) is 5.41 Å². The summed E-state index contributed by atoms with van der Waals surface area (Å²) in [5.74, 6) is 0.906. The summed E-state index contributed by atoms with van der Waals surface area (Å²) in [6, 6.07) is 4.38. The topological polar surface area (TPSA) is 37.0 Å². The van der Waals surface area contributed by atoms with Gasteiger partial charge in [0.2, 0.25) is 0 Å². The molecule has 16 heavy (non-hydrogen) atoms. The molecular formula is C12H16ClN3. The molecule has 0 aromatic carbocycles. The molecule has 1 aromatic rings. The molecule has 1 saturated carbocycles. The molecule has 0 radical (unpaired) electrons. The zero-order valence-corrected chi connectivity index (χ0v) is 9.93. The molecule has 2 heterocycles. The largest absolute Gasteiger partial charge is 0.369 e. The number of pyridine rings is 1. The van der Waals surface area contributed by atoms with E-state index in [1.807, 2.05) is 12.1 Å². The maximum absolute atomic E-state index is 5.78. The first-order valence-corrected chi connectivity index (χ1v) is 6.22. The molecule has 0 amide bonds. The minimum absolute atomic E-state index is 0.597. The number of rotatable bonds is 3. The molecular weight excluding hydrogens is 222 g/mol. The van der Waals surface area contributed by atoms with Gasteiger partial charge in [-0.1, -0.05) is 11.6 Å². The van der Waals surface area contributed by atoms with E-state index in [-0.39, 0.29) is 0 Å². The fourth-order valence-corrected chi connectivity index (χ4v) is 2.55. The number of aromatic nitrogens is 1. The zero-order valence-electron chi connectivity index (χ0n) is 9.17. The zero-order chi connectivity index (χ0) is 11.0. The first-order valence-electron chi connectivity index (χ1n) is 5.85. The third kappa shape index (κ3) is 2.15. The summed E-state index contributed by atoms with van der Waals surface area (Å²) in [5, 5.41) is 7.60. The molecule has 1 aromatic heterocycles. The van der Waals surface area contributed by atoms with Crippen molar-refractivity contribution in [3.63, 3.8) is 0 Å². The standard InChI is InChI=1S/C12H16ClN3/c13-9-1-2-11(14-6-9)15-7-10-5-12(3-4-12)8-16-10/h1-2,6,10,16H,3-5,7-8H2,(H,14,15). The van der Waals surface area contributed by atoms with E-state index in [0.717, 1.165) is 12.4 Å². The van der Waals surface area contributed by atoms with Crippen molar-refractivity contribution in [3.8, 4) is 0 Å². The van der Waals surface area contributed by atoms with E-state index >= 15 is 0 Å². The molecule has 86 valence electrons. The molecule has 1 saturated heterocycles. The molecule has 1 aliphatic carbocycles. The van der Waals surface area contributed by atoms with E-state index in [9.17, 15) is 0 Å². The Balaban J connectivity index is 1.51. The molecule has 2 aliphatic rings. The number of hydrogen-bond donors (Lipinski definition) is 2. The second-order valence-corrected chi connectivity index (χ2v) is 5.46. The number of nitrogens with zero attached hydrogens (tertiary/aromatic N) is 1. The van der Waals surface area contributed by atoms with Crippen LogP contribution in [0.25, 0.3) is 0 Å². The molecule has 1 atom stereocenters. The summed E-state index contributed by atoms with van der Waals surface area (Å²) in [6.45, 7) is 2.16. The number of anilines is 1. The maximum atomic E-state index is 5.78. The van der Waals surface area contributed by atoms with Gasteiger partial charge in [0.25, 0.3) is 0 Å². The molecule has 1 spiro atoms. The Morgan fingerprint density at radius 1 is 1.50 bits per heavy atom. The molecule has 3 rings (SSSR count). The van der Waals surface area contributed by atoms with E-state index in [1.54, 1.807) is 6.20 Å². The van der Waals surface area contributed by atoms with Crippen LogP contribution in [0.3, 0.4) is 0 Å². The van der Waals surface area contributed by atoms with Gasteiger partial charge in [0.1, 0.15) is 5.82 Å². The van der Waals surface area contributed by atoms with Crippen LogP contribution in [0.4, 0.5) is 5.82 Å². The van der Waals surface area contributed by atoms with Gasteiger partial charge in [0.05, 0.1) is 5.02 Å². The van der Waals surface area contributed by atoms with Crippen LogP contribution < -0.4 is 10.6 Å². The highest BCUT2D eigenvalue weighted by molar-refractivity contribution is 6.30. The lowest BCUT2D eigenvalue weighted by Crippen LogP contribution is -2.29. The second kappa shape index (κ2) is 3.90. The van der Waals surface area contributed by atoms with Gasteiger partial charge in [0, 0.05) is 25.3 Å². The van der Waals surface area contributed by atoms with Crippen LogP contribution in [0.2, 0.25) is 5.02 Å². The van der Waals surface area contributed by atoms with Crippen LogP contribution in [-0.4, -0.2) is 24.1 Å². The fraction of sp³-hybridized carbons (Fsp3) is 0.583. The van der Waals surface area contributed by atoms with Gasteiger partial charge in [-0.15, -0.1) is 0 Å². The van der Waals surface area contributed by atoms with Crippen molar-refractivity contribution in [2.75, 3.05) is 18.4 Å². The first-order chi connectivity index (χ1) is 7.76. The summed E-state index contributed by atoms with van der Waals surface area (Å²) < 4.78 is 0. The van der Waals surface area contributed by atoms with E-state index in [4.69, 9.17) is 11.6 Å². The van der Waals surface area contributed by atoms with Crippen LogP contribution >= 0.6 is 11.6 Å². The van der Waals surface area contributed by atoms with Crippen LogP contribution in [0.15, 0.2) is 18.3 Å². The summed E-state index contributed by atoms with van der Waals surface area (Å²) in [5.41, 5.74) is 0.666. The Morgan fingerprint density at radius 3 is 3.00 bits per heavy atom. The highest BCUT2D eigenvalue weighted by Crippen LogP contribution is 2.51. The van der Waals surface area contributed by atoms with Gasteiger partial charge in [-0.25, -0.2) is 4.98 Å². The normalized spacial score (nSPS) is 25.9. The Bertz CT molecular complexity index is 372. The fourth-order valence-electron chi connectivity index (χ4n) is 2.44. The lowest BCUT2D eigenvalue weighted by Gasteiger charge is -2.12. The average Bonchev–Trinajstić information content (AvgIpc) is 2.91. The average molecular weight is 238 g/mol. The Morgan fingerprint density at radius 2 is 2.38 bits per heavy atom. The van der Waals surface area contributed by atoms with Crippen molar-refractivity contribution in [3.05, 3.63) is 23.4 Å². The van der Waals surface area contributed by atoms with Crippen LogP contribution in [0, 0.1) is 5.41 Å². The quantitative estimate of drug-likeness (QED) is 0.847. The highest BCUT2D eigenvalue weighted by Gasteiger charge is 2.47. The van der Waals surface area contributed by atoms with Crippen LogP contribution in [0.5, 0.6) is 0 Å². The predicted molar refractivity (Wildman–Crippen MR) is 65.8 cm³/mol. The van der Waals surface area contributed by atoms with Crippen molar-refractivity contribution in [2.45, 2.75) is 25.3 Å². The van der Waals surface area contributed by atoms with E-state index in [2.05, 4.69) is 15.6 Å². The molecule has 2 fully saturated rings. The summed E-state index contributed by atoms with van der Waals surface area (Å²) in [4.78, 5) is 4.22. The number of hydrogen-bond acceptors (Lipinski definition) is 3. The van der Waals surface area contributed by atoms with Gasteiger partial charge in [-0.2, -0.15) is 0 Å². The minimum Gasteiger partial charge on any atom is -0.369 e. The van der Waals surface area contributed by atoms with Crippen molar-refractivity contribution < 1.29 is 0 Å². The van der Waals surface area contributed by atoms with Gasteiger partial charge in [-0.3, -0.25) is 0 Å². The van der Waals surface area contributed by atoms with Crippen LogP contribution in [-0.2, 0) is 0 Å². The van der Waals surface area contributed by atoms with Crippen LogP contribution in [0.1, 0.15) is 19.3 Å². The number of halogens is 1. The molecule has 3 nitrogen and oxygen atoms in total. The number of nitrogens with one attached hydrogen (secondary N) is 2. The van der Waals surface area contributed by atoms with Crippen molar-refractivity contribution in [1.29, 1.82) is 0 Å². The third-order valence-electron chi connectivity index (χ3n) is 3.66. The monoisotopic (exact) mass is 237 g/mol. The summed E-state index contributed by atoms with van der Waals surface area (Å²) in [7, 11) is 0. The van der Waals surface area contributed by atoms with E-state index in [0.29, 0.717) is 16.5 Å². The van der Waals surface area contributed by atoms with E-state index in [1.165, 1.54) is 25.8 Å². The van der Waals surface area contributed by atoms with Gasteiger partial charge in [-0.05, 0) is 36.8 Å². The first kappa shape index (κ1) is 10.4. The Kier molecular flexibility index (Phi) is 2.52. The SMILES string of the molecule is Clc1ccc(NCC2CC3(CC3)CN2)nc1. The van der Waals surface area contributed by atoms with Crippen molar-refractivity contribution in [1.82, 2.24) is 10.3 Å². The molecule has 4 heteroatoms. The van der Waals surface area contributed by atoms with E-state index < -0.39 is 0 Å². The Hall–Kier alpha value is -0.800.